The lowest BCUT2D eigenvalue weighted by Gasteiger charge is -2.24. The molecule has 0 heterocycles. The number of fused-ring (bicyclic) bond motifs is 1. The normalized spacial score (nSPS) is 15.8. The van der Waals surface area contributed by atoms with E-state index >= 15 is 0 Å². The van der Waals surface area contributed by atoms with Gasteiger partial charge in [-0.25, -0.2) is 0 Å². The van der Waals surface area contributed by atoms with E-state index in [1.165, 1.54) is 11.1 Å². The standard InChI is InChI=1S/C17H15BrO2/c18-15-7-5-12(6-8-15)9-17(16(19)20)10-13-3-1-2-4-14(13)11-17/h1-8H,9-11H2,(H,19,20). The van der Waals surface area contributed by atoms with Crippen LogP contribution in [0.15, 0.2) is 53.0 Å². The van der Waals surface area contributed by atoms with Gasteiger partial charge in [-0.3, -0.25) is 4.79 Å². The van der Waals surface area contributed by atoms with Gasteiger partial charge in [-0.2, -0.15) is 0 Å². The van der Waals surface area contributed by atoms with E-state index in [9.17, 15) is 9.90 Å². The maximum atomic E-state index is 11.9. The van der Waals surface area contributed by atoms with Crippen LogP contribution in [0.25, 0.3) is 0 Å². The fourth-order valence-corrected chi connectivity index (χ4v) is 3.30. The number of carboxylic acid groups (broad SMARTS) is 1. The highest BCUT2D eigenvalue weighted by molar-refractivity contribution is 9.10. The van der Waals surface area contributed by atoms with Crippen LogP contribution in [0, 0.1) is 5.41 Å². The van der Waals surface area contributed by atoms with Crippen LogP contribution in [0.5, 0.6) is 0 Å². The summed E-state index contributed by atoms with van der Waals surface area (Å²) in [6.45, 7) is 0. The fourth-order valence-electron chi connectivity index (χ4n) is 3.04. The van der Waals surface area contributed by atoms with Gasteiger partial charge in [-0.05, 0) is 48.1 Å². The first kappa shape index (κ1) is 13.4. The summed E-state index contributed by atoms with van der Waals surface area (Å²) in [5.74, 6) is -0.698. The number of rotatable bonds is 3. The Kier molecular flexibility index (Phi) is 3.38. The topological polar surface area (TPSA) is 37.3 Å². The molecule has 3 rings (SSSR count). The average Bonchev–Trinajstić information content (AvgIpc) is 2.81. The molecule has 0 amide bonds. The second-order valence-corrected chi connectivity index (χ2v) is 6.43. The van der Waals surface area contributed by atoms with Crippen LogP contribution >= 0.6 is 15.9 Å². The van der Waals surface area contributed by atoms with E-state index in [1.54, 1.807) is 0 Å². The quantitative estimate of drug-likeness (QED) is 0.927. The monoisotopic (exact) mass is 330 g/mol. The van der Waals surface area contributed by atoms with Crippen molar-refractivity contribution in [3.63, 3.8) is 0 Å². The smallest absolute Gasteiger partial charge is 0.310 e. The van der Waals surface area contributed by atoms with Crippen molar-refractivity contribution in [3.8, 4) is 0 Å². The molecule has 0 saturated carbocycles. The van der Waals surface area contributed by atoms with E-state index in [0.717, 1.165) is 10.0 Å². The molecule has 3 heteroatoms. The van der Waals surface area contributed by atoms with E-state index in [-0.39, 0.29) is 0 Å². The molecule has 2 aromatic rings. The summed E-state index contributed by atoms with van der Waals surface area (Å²) in [6.07, 6.45) is 1.81. The van der Waals surface area contributed by atoms with Crippen LogP contribution < -0.4 is 0 Å². The lowest BCUT2D eigenvalue weighted by Crippen LogP contribution is -2.34. The number of aliphatic carboxylic acids is 1. The van der Waals surface area contributed by atoms with Crippen LogP contribution in [0.4, 0.5) is 0 Å². The van der Waals surface area contributed by atoms with Gasteiger partial charge in [0.1, 0.15) is 0 Å². The molecule has 0 saturated heterocycles. The largest absolute Gasteiger partial charge is 0.481 e. The van der Waals surface area contributed by atoms with Crippen LogP contribution in [0.2, 0.25) is 0 Å². The molecule has 0 fully saturated rings. The number of carbonyl (C=O) groups is 1. The van der Waals surface area contributed by atoms with Gasteiger partial charge < -0.3 is 5.11 Å². The molecule has 2 aromatic carbocycles. The van der Waals surface area contributed by atoms with Crippen molar-refractivity contribution < 1.29 is 9.90 Å². The molecule has 0 radical (unpaired) electrons. The zero-order chi connectivity index (χ0) is 14.2. The summed E-state index contributed by atoms with van der Waals surface area (Å²) in [4.78, 5) is 11.9. The Balaban J connectivity index is 1.92. The minimum Gasteiger partial charge on any atom is -0.481 e. The van der Waals surface area contributed by atoms with E-state index in [2.05, 4.69) is 15.9 Å². The second-order valence-electron chi connectivity index (χ2n) is 5.51. The van der Waals surface area contributed by atoms with Crippen LogP contribution in [-0.2, 0) is 24.1 Å². The average molecular weight is 331 g/mol. The minimum atomic E-state index is -0.698. The molecule has 1 N–H and O–H groups in total. The molecule has 102 valence electrons. The van der Waals surface area contributed by atoms with Crippen LogP contribution in [-0.4, -0.2) is 11.1 Å². The number of carboxylic acids is 1. The predicted octanol–water partition coefficient (Wildman–Crippen LogP) is 3.86. The molecular weight excluding hydrogens is 316 g/mol. The predicted molar refractivity (Wildman–Crippen MR) is 81.8 cm³/mol. The molecule has 0 aliphatic heterocycles. The Bertz CT molecular complexity index is 621. The fraction of sp³-hybridized carbons (Fsp3) is 0.235. The Morgan fingerprint density at radius 3 is 2.10 bits per heavy atom. The third-order valence-corrected chi connectivity index (χ3v) is 4.61. The van der Waals surface area contributed by atoms with E-state index < -0.39 is 11.4 Å². The summed E-state index contributed by atoms with van der Waals surface area (Å²) in [6, 6.07) is 16.0. The van der Waals surface area contributed by atoms with Gasteiger partial charge in [-0.15, -0.1) is 0 Å². The molecule has 1 aliphatic carbocycles. The first-order valence-electron chi connectivity index (χ1n) is 6.64. The van der Waals surface area contributed by atoms with Crippen LogP contribution in [0.1, 0.15) is 16.7 Å². The summed E-state index contributed by atoms with van der Waals surface area (Å²) in [5, 5.41) is 9.74. The first-order chi connectivity index (χ1) is 9.59. The Morgan fingerprint density at radius 2 is 1.60 bits per heavy atom. The molecule has 1 aliphatic rings. The number of halogens is 1. The number of hydrogen-bond acceptors (Lipinski definition) is 1. The number of benzene rings is 2. The molecular formula is C17H15BrO2. The highest BCUT2D eigenvalue weighted by atomic mass is 79.9. The van der Waals surface area contributed by atoms with E-state index in [1.807, 2.05) is 48.5 Å². The molecule has 0 aromatic heterocycles. The van der Waals surface area contributed by atoms with Crippen molar-refractivity contribution in [2.24, 2.45) is 5.41 Å². The highest BCUT2D eigenvalue weighted by Gasteiger charge is 2.43. The maximum absolute atomic E-state index is 11.9. The summed E-state index contributed by atoms with van der Waals surface area (Å²) in [7, 11) is 0. The molecule has 0 unspecified atom stereocenters. The summed E-state index contributed by atoms with van der Waals surface area (Å²) in [5.41, 5.74) is 2.72. The highest BCUT2D eigenvalue weighted by Crippen LogP contribution is 2.40. The molecule has 2 nitrogen and oxygen atoms in total. The molecule has 0 spiro atoms. The van der Waals surface area contributed by atoms with Gasteiger partial charge in [0.2, 0.25) is 0 Å². The molecule has 0 bridgehead atoms. The van der Waals surface area contributed by atoms with Crippen molar-refractivity contribution in [1.82, 2.24) is 0 Å². The minimum absolute atomic E-state index is 0.574. The second kappa shape index (κ2) is 5.06. The van der Waals surface area contributed by atoms with E-state index in [4.69, 9.17) is 0 Å². The third kappa shape index (κ3) is 2.38. The van der Waals surface area contributed by atoms with Gasteiger partial charge >= 0.3 is 5.97 Å². The lowest BCUT2D eigenvalue weighted by atomic mass is 9.79. The van der Waals surface area contributed by atoms with Gasteiger partial charge in [0, 0.05) is 4.47 Å². The zero-order valence-corrected chi connectivity index (χ0v) is 12.6. The van der Waals surface area contributed by atoms with Crippen molar-refractivity contribution in [2.45, 2.75) is 19.3 Å². The van der Waals surface area contributed by atoms with Gasteiger partial charge in [0.25, 0.3) is 0 Å². The molecule has 0 atom stereocenters. The lowest BCUT2D eigenvalue weighted by molar-refractivity contribution is -0.148. The van der Waals surface area contributed by atoms with Crippen molar-refractivity contribution in [1.29, 1.82) is 0 Å². The van der Waals surface area contributed by atoms with Crippen molar-refractivity contribution >= 4 is 21.9 Å². The molecule has 20 heavy (non-hydrogen) atoms. The number of hydrogen-bond donors (Lipinski definition) is 1. The first-order valence-corrected chi connectivity index (χ1v) is 7.43. The van der Waals surface area contributed by atoms with Gasteiger partial charge in [-0.1, -0.05) is 52.3 Å². The Hall–Kier alpha value is -1.61. The van der Waals surface area contributed by atoms with Gasteiger partial charge in [0.05, 0.1) is 5.41 Å². The van der Waals surface area contributed by atoms with Gasteiger partial charge in [0.15, 0.2) is 0 Å². The zero-order valence-electron chi connectivity index (χ0n) is 11.0. The summed E-state index contributed by atoms with van der Waals surface area (Å²) < 4.78 is 1.01. The Morgan fingerprint density at radius 1 is 1.05 bits per heavy atom. The Labute approximate surface area is 126 Å². The van der Waals surface area contributed by atoms with Crippen molar-refractivity contribution in [2.75, 3.05) is 0 Å². The van der Waals surface area contributed by atoms with Crippen molar-refractivity contribution in [3.05, 3.63) is 69.7 Å². The van der Waals surface area contributed by atoms with Crippen LogP contribution in [0.3, 0.4) is 0 Å². The summed E-state index contributed by atoms with van der Waals surface area (Å²) >= 11 is 3.41. The van der Waals surface area contributed by atoms with E-state index in [0.29, 0.717) is 19.3 Å². The SMILES string of the molecule is O=C(O)C1(Cc2ccc(Br)cc2)Cc2ccccc2C1. The maximum Gasteiger partial charge on any atom is 0.310 e. The third-order valence-electron chi connectivity index (χ3n) is 4.09.